The number of nitrogens with zero attached hydrogens (tertiary/aromatic N) is 2. The van der Waals surface area contributed by atoms with Crippen LogP contribution in [0, 0.1) is 0 Å². The highest BCUT2D eigenvalue weighted by Gasteiger charge is 2.23. The number of hydrogen-bond donors (Lipinski definition) is 1. The maximum Gasteiger partial charge on any atom is 0.134 e. The summed E-state index contributed by atoms with van der Waals surface area (Å²) in [5, 5.41) is 3.56. The van der Waals surface area contributed by atoms with Crippen molar-refractivity contribution in [2.45, 2.75) is 77.0 Å². The van der Waals surface area contributed by atoms with E-state index in [1.807, 2.05) is 0 Å². The highest BCUT2D eigenvalue weighted by molar-refractivity contribution is 5.47. The Labute approximate surface area is 122 Å². The molecule has 2 aliphatic rings. The predicted octanol–water partition coefficient (Wildman–Crippen LogP) is 4.23. The van der Waals surface area contributed by atoms with Crippen LogP contribution < -0.4 is 5.32 Å². The molecule has 1 heterocycles. The van der Waals surface area contributed by atoms with Crippen molar-refractivity contribution in [3.63, 3.8) is 0 Å². The zero-order valence-corrected chi connectivity index (χ0v) is 12.7. The van der Waals surface area contributed by atoms with Crippen molar-refractivity contribution in [2.75, 3.05) is 11.9 Å². The molecule has 0 spiro atoms. The topological polar surface area (TPSA) is 37.8 Å². The molecule has 0 aromatic carbocycles. The first-order chi connectivity index (χ1) is 9.88. The van der Waals surface area contributed by atoms with Crippen LogP contribution in [0.3, 0.4) is 0 Å². The Balaban J connectivity index is 1.93. The lowest BCUT2D eigenvalue weighted by molar-refractivity contribution is 0.656. The van der Waals surface area contributed by atoms with Gasteiger partial charge in [-0.25, -0.2) is 9.97 Å². The summed E-state index contributed by atoms with van der Waals surface area (Å²) in [6.07, 6.45) is 12.6. The van der Waals surface area contributed by atoms with E-state index in [0.717, 1.165) is 37.4 Å². The number of anilines is 1. The van der Waals surface area contributed by atoms with Crippen molar-refractivity contribution in [1.82, 2.24) is 9.97 Å². The minimum absolute atomic E-state index is 0.616. The van der Waals surface area contributed by atoms with Gasteiger partial charge in [0.2, 0.25) is 0 Å². The van der Waals surface area contributed by atoms with E-state index < -0.39 is 0 Å². The summed E-state index contributed by atoms with van der Waals surface area (Å²) in [5.74, 6) is 2.90. The second-order valence-electron chi connectivity index (χ2n) is 6.32. The van der Waals surface area contributed by atoms with Crippen molar-refractivity contribution in [3.8, 4) is 0 Å². The molecular formula is C17H27N3. The minimum Gasteiger partial charge on any atom is -0.370 e. The van der Waals surface area contributed by atoms with Crippen LogP contribution in [0.1, 0.15) is 81.3 Å². The number of aryl methyl sites for hydroxylation is 1. The molecule has 0 aliphatic heterocycles. The van der Waals surface area contributed by atoms with E-state index in [2.05, 4.69) is 12.2 Å². The van der Waals surface area contributed by atoms with Gasteiger partial charge in [0, 0.05) is 23.7 Å². The summed E-state index contributed by atoms with van der Waals surface area (Å²) >= 11 is 0. The fourth-order valence-corrected chi connectivity index (χ4v) is 3.55. The molecule has 0 atom stereocenters. The second kappa shape index (κ2) is 6.55. The molecule has 0 radical (unpaired) electrons. The monoisotopic (exact) mass is 273 g/mol. The third kappa shape index (κ3) is 2.97. The lowest BCUT2D eigenvalue weighted by Gasteiger charge is -2.17. The normalized spacial score (nSPS) is 19.6. The average Bonchev–Trinajstić information content (AvgIpc) is 2.90. The number of nitrogens with one attached hydrogen (secondary N) is 1. The predicted molar refractivity (Wildman–Crippen MR) is 83.3 cm³/mol. The molecule has 0 bridgehead atoms. The Morgan fingerprint density at radius 2 is 1.80 bits per heavy atom. The number of fused-ring (bicyclic) bond motifs is 1. The van der Waals surface area contributed by atoms with Gasteiger partial charge in [-0.1, -0.05) is 26.2 Å². The second-order valence-corrected chi connectivity index (χ2v) is 6.32. The Morgan fingerprint density at radius 3 is 2.60 bits per heavy atom. The average molecular weight is 273 g/mol. The molecule has 110 valence electrons. The largest absolute Gasteiger partial charge is 0.370 e. The first-order valence-electron chi connectivity index (χ1n) is 8.52. The van der Waals surface area contributed by atoms with Gasteiger partial charge >= 0.3 is 0 Å². The maximum absolute atomic E-state index is 4.97. The first kappa shape index (κ1) is 13.8. The molecule has 1 aromatic heterocycles. The van der Waals surface area contributed by atoms with E-state index in [9.17, 15) is 0 Å². The quantitative estimate of drug-likeness (QED) is 0.834. The van der Waals surface area contributed by atoms with E-state index >= 15 is 0 Å². The van der Waals surface area contributed by atoms with Crippen LogP contribution in [0.25, 0.3) is 0 Å². The van der Waals surface area contributed by atoms with Gasteiger partial charge in [-0.3, -0.25) is 0 Å². The molecule has 1 aromatic rings. The van der Waals surface area contributed by atoms with Crippen LogP contribution in [0.15, 0.2) is 0 Å². The van der Waals surface area contributed by atoms with Crippen molar-refractivity contribution in [2.24, 2.45) is 0 Å². The smallest absolute Gasteiger partial charge is 0.134 e. The summed E-state index contributed by atoms with van der Waals surface area (Å²) in [5.41, 5.74) is 2.76. The third-order valence-electron chi connectivity index (χ3n) is 4.71. The molecule has 1 N–H and O–H groups in total. The highest BCUT2D eigenvalue weighted by Crippen LogP contribution is 2.34. The van der Waals surface area contributed by atoms with Gasteiger partial charge < -0.3 is 5.32 Å². The molecule has 2 aliphatic carbocycles. The summed E-state index contributed by atoms with van der Waals surface area (Å²) in [7, 11) is 0. The van der Waals surface area contributed by atoms with Gasteiger partial charge in [-0.15, -0.1) is 0 Å². The molecule has 1 fully saturated rings. The summed E-state index contributed by atoms with van der Waals surface area (Å²) in [4.78, 5) is 9.90. The molecule has 0 saturated heterocycles. The molecule has 3 rings (SSSR count). The highest BCUT2D eigenvalue weighted by atomic mass is 15.0. The number of rotatable bonds is 4. The molecule has 1 saturated carbocycles. The zero-order chi connectivity index (χ0) is 13.8. The van der Waals surface area contributed by atoms with Gasteiger partial charge in [-0.2, -0.15) is 0 Å². The van der Waals surface area contributed by atoms with E-state index in [4.69, 9.17) is 9.97 Å². The standard InChI is InChI=1S/C17H27N3/c1-2-12-18-17-14-10-4-3-5-11-15(14)19-16(20-17)13-8-6-7-9-13/h13H,2-12H2,1H3,(H,18,19,20). The van der Waals surface area contributed by atoms with Gasteiger partial charge in [0.1, 0.15) is 11.6 Å². The zero-order valence-electron chi connectivity index (χ0n) is 12.7. The molecular weight excluding hydrogens is 246 g/mol. The summed E-state index contributed by atoms with van der Waals surface area (Å²) in [6, 6.07) is 0. The number of hydrogen-bond acceptors (Lipinski definition) is 3. The SMILES string of the molecule is CCCNc1nc(C2CCCC2)nc2c1CCCCC2. The van der Waals surface area contributed by atoms with Crippen LogP contribution in [0.5, 0.6) is 0 Å². The van der Waals surface area contributed by atoms with E-state index in [1.54, 1.807) is 0 Å². The van der Waals surface area contributed by atoms with Gasteiger partial charge in [-0.05, 0) is 44.9 Å². The van der Waals surface area contributed by atoms with Crippen molar-refractivity contribution in [1.29, 1.82) is 0 Å². The van der Waals surface area contributed by atoms with E-state index in [-0.39, 0.29) is 0 Å². The van der Waals surface area contributed by atoms with Crippen molar-refractivity contribution < 1.29 is 0 Å². The lowest BCUT2D eigenvalue weighted by atomic mass is 10.0. The Morgan fingerprint density at radius 1 is 1.00 bits per heavy atom. The van der Waals surface area contributed by atoms with Crippen LogP contribution in [-0.4, -0.2) is 16.5 Å². The minimum atomic E-state index is 0.616. The molecule has 20 heavy (non-hydrogen) atoms. The Bertz CT molecular complexity index is 450. The Hall–Kier alpha value is -1.12. The summed E-state index contributed by atoms with van der Waals surface area (Å²) in [6.45, 7) is 3.23. The molecule has 3 heteroatoms. The third-order valence-corrected chi connectivity index (χ3v) is 4.71. The molecule has 3 nitrogen and oxygen atoms in total. The molecule has 0 amide bonds. The molecule has 0 unspecified atom stereocenters. The summed E-state index contributed by atoms with van der Waals surface area (Å²) < 4.78 is 0. The Kier molecular flexibility index (Phi) is 4.54. The van der Waals surface area contributed by atoms with Crippen LogP contribution in [-0.2, 0) is 12.8 Å². The van der Waals surface area contributed by atoms with Crippen molar-refractivity contribution >= 4 is 5.82 Å². The van der Waals surface area contributed by atoms with E-state index in [0.29, 0.717) is 5.92 Å². The van der Waals surface area contributed by atoms with Crippen LogP contribution in [0.2, 0.25) is 0 Å². The van der Waals surface area contributed by atoms with Gasteiger partial charge in [0.15, 0.2) is 0 Å². The fourth-order valence-electron chi connectivity index (χ4n) is 3.55. The van der Waals surface area contributed by atoms with Crippen LogP contribution >= 0.6 is 0 Å². The van der Waals surface area contributed by atoms with Crippen molar-refractivity contribution in [3.05, 3.63) is 17.1 Å². The first-order valence-corrected chi connectivity index (χ1v) is 8.52. The number of aromatic nitrogens is 2. The van der Waals surface area contributed by atoms with Crippen LogP contribution in [0.4, 0.5) is 5.82 Å². The lowest BCUT2D eigenvalue weighted by Crippen LogP contribution is -2.13. The van der Waals surface area contributed by atoms with E-state index in [1.165, 1.54) is 56.2 Å². The van der Waals surface area contributed by atoms with Gasteiger partial charge in [0.05, 0.1) is 0 Å². The fraction of sp³-hybridized carbons (Fsp3) is 0.765. The maximum atomic E-state index is 4.97. The van der Waals surface area contributed by atoms with Gasteiger partial charge in [0.25, 0.3) is 0 Å².